The number of esters is 2. The zero-order valence-electron chi connectivity index (χ0n) is 33.8. The number of ether oxygens (including phenoxy) is 2. The minimum absolute atomic E-state index is 0.164. The molecule has 0 heterocycles. The van der Waals surface area contributed by atoms with Gasteiger partial charge in [-0.25, -0.2) is 0 Å². The summed E-state index contributed by atoms with van der Waals surface area (Å²) in [5, 5.41) is 0. The summed E-state index contributed by atoms with van der Waals surface area (Å²) in [6, 6.07) is 0. The third-order valence-electron chi connectivity index (χ3n) is 10.3. The van der Waals surface area contributed by atoms with Gasteiger partial charge in [-0.1, -0.05) is 232 Å². The molecule has 0 bridgehead atoms. The molecule has 0 spiro atoms. The van der Waals surface area contributed by atoms with Crippen LogP contribution in [0.2, 0.25) is 0 Å². The van der Waals surface area contributed by atoms with Crippen molar-refractivity contribution in [2.75, 3.05) is 6.61 Å². The minimum atomic E-state index is -0.368. The maximum Gasteiger partial charge on any atom is 0.306 e. The van der Waals surface area contributed by atoms with Gasteiger partial charge in [-0.05, 0) is 19.8 Å². The Labute approximate surface area is 307 Å². The number of hydrogen-bond donors (Lipinski definition) is 0. The van der Waals surface area contributed by atoms with Gasteiger partial charge in [-0.15, -0.1) is 0 Å². The van der Waals surface area contributed by atoms with Gasteiger partial charge in [-0.3, -0.25) is 9.59 Å². The Bertz CT molecular complexity index is 662. The molecule has 0 aliphatic heterocycles. The number of carbonyl (C=O) groups is 2. The lowest BCUT2D eigenvalue weighted by Gasteiger charge is -2.13. The fraction of sp³-hybridized carbons (Fsp3) is 0.956. The number of carbonyl (C=O) groups excluding carboxylic acids is 2. The zero-order valence-corrected chi connectivity index (χ0v) is 33.8. The third-order valence-corrected chi connectivity index (χ3v) is 10.3. The predicted octanol–water partition coefficient (Wildman–Crippen LogP) is 15.3. The summed E-state index contributed by atoms with van der Waals surface area (Å²) in [6.07, 6.45) is 48.9. The van der Waals surface area contributed by atoms with E-state index in [-0.39, 0.29) is 24.6 Å². The number of hydrogen-bond acceptors (Lipinski definition) is 4. The van der Waals surface area contributed by atoms with Crippen molar-refractivity contribution in [3.05, 3.63) is 0 Å². The van der Waals surface area contributed by atoms with Gasteiger partial charge in [-0.2, -0.15) is 0 Å². The van der Waals surface area contributed by atoms with Crippen LogP contribution in [0.4, 0.5) is 0 Å². The molecule has 0 aromatic rings. The van der Waals surface area contributed by atoms with Crippen LogP contribution in [0.5, 0.6) is 0 Å². The van der Waals surface area contributed by atoms with Crippen molar-refractivity contribution in [1.82, 2.24) is 0 Å². The lowest BCUT2D eigenvalue weighted by Crippen LogP contribution is -2.22. The largest absolute Gasteiger partial charge is 0.462 e. The van der Waals surface area contributed by atoms with Crippen LogP contribution < -0.4 is 0 Å². The van der Waals surface area contributed by atoms with E-state index in [0.29, 0.717) is 12.8 Å². The van der Waals surface area contributed by atoms with Gasteiger partial charge in [0, 0.05) is 12.8 Å². The Kier molecular flexibility index (Phi) is 40.5. The van der Waals surface area contributed by atoms with Crippen molar-refractivity contribution in [3.8, 4) is 0 Å². The summed E-state index contributed by atoms with van der Waals surface area (Å²) < 4.78 is 10.8. The topological polar surface area (TPSA) is 52.6 Å². The maximum absolute atomic E-state index is 12.2. The standard InChI is InChI=1S/C45H88O4/c1-4-6-8-10-12-14-16-18-20-22-23-25-26-28-30-32-34-36-38-40-44(46)48-42-43(3)49-45(47)41-39-37-35-33-31-29-27-24-21-19-17-15-13-11-9-7-5-2/h43H,4-42H2,1-3H3. The molecule has 4 heteroatoms. The highest BCUT2D eigenvalue weighted by molar-refractivity contribution is 5.70. The van der Waals surface area contributed by atoms with Crippen LogP contribution in [0.25, 0.3) is 0 Å². The van der Waals surface area contributed by atoms with E-state index in [1.165, 1.54) is 205 Å². The minimum Gasteiger partial charge on any atom is -0.462 e. The number of rotatable bonds is 41. The van der Waals surface area contributed by atoms with Crippen molar-refractivity contribution in [2.24, 2.45) is 0 Å². The van der Waals surface area contributed by atoms with Crippen molar-refractivity contribution >= 4 is 11.9 Å². The first-order valence-corrected chi connectivity index (χ1v) is 22.4. The quantitative estimate of drug-likeness (QED) is 0.0473. The van der Waals surface area contributed by atoms with Gasteiger partial charge in [0.05, 0.1) is 0 Å². The van der Waals surface area contributed by atoms with E-state index in [1.807, 2.05) is 6.92 Å². The molecule has 0 aliphatic carbocycles. The smallest absolute Gasteiger partial charge is 0.306 e. The van der Waals surface area contributed by atoms with Crippen LogP contribution >= 0.6 is 0 Å². The van der Waals surface area contributed by atoms with E-state index in [4.69, 9.17) is 9.47 Å². The molecule has 1 unspecified atom stereocenters. The van der Waals surface area contributed by atoms with Gasteiger partial charge in [0.1, 0.15) is 12.7 Å². The van der Waals surface area contributed by atoms with E-state index in [1.54, 1.807) is 0 Å². The molecule has 0 fully saturated rings. The number of unbranched alkanes of at least 4 members (excludes halogenated alkanes) is 34. The Morgan fingerprint density at radius 2 is 0.571 bits per heavy atom. The van der Waals surface area contributed by atoms with Gasteiger partial charge in [0.2, 0.25) is 0 Å². The van der Waals surface area contributed by atoms with Gasteiger partial charge in [0.25, 0.3) is 0 Å². The van der Waals surface area contributed by atoms with Crippen molar-refractivity contribution in [3.63, 3.8) is 0 Å². The third kappa shape index (κ3) is 41.2. The first-order valence-electron chi connectivity index (χ1n) is 22.4. The second-order valence-corrected chi connectivity index (χ2v) is 15.5. The molecule has 0 aromatic carbocycles. The summed E-state index contributed by atoms with van der Waals surface area (Å²) >= 11 is 0. The van der Waals surface area contributed by atoms with Gasteiger partial charge < -0.3 is 9.47 Å². The lowest BCUT2D eigenvalue weighted by molar-refractivity contribution is -0.158. The molecule has 0 aromatic heterocycles. The van der Waals surface area contributed by atoms with Crippen LogP contribution in [0.15, 0.2) is 0 Å². The monoisotopic (exact) mass is 693 g/mol. The molecular formula is C45H88O4. The Hall–Kier alpha value is -1.06. The normalized spacial score (nSPS) is 12.0. The first kappa shape index (κ1) is 47.9. The van der Waals surface area contributed by atoms with Gasteiger partial charge >= 0.3 is 11.9 Å². The summed E-state index contributed by atoms with van der Waals surface area (Å²) in [5.74, 6) is -0.327. The molecule has 4 nitrogen and oxygen atoms in total. The Morgan fingerprint density at radius 1 is 0.347 bits per heavy atom. The van der Waals surface area contributed by atoms with E-state index in [9.17, 15) is 9.59 Å². The summed E-state index contributed by atoms with van der Waals surface area (Å²) in [6.45, 7) is 6.56. The second kappa shape index (κ2) is 41.4. The molecule has 0 amide bonds. The highest BCUT2D eigenvalue weighted by Crippen LogP contribution is 2.16. The second-order valence-electron chi connectivity index (χ2n) is 15.5. The van der Waals surface area contributed by atoms with Crippen LogP contribution in [0.1, 0.15) is 265 Å². The molecule has 0 rings (SSSR count). The molecule has 0 radical (unpaired) electrons. The van der Waals surface area contributed by atoms with Gasteiger partial charge in [0.15, 0.2) is 0 Å². The van der Waals surface area contributed by atoms with E-state index < -0.39 is 0 Å². The molecule has 1 atom stereocenters. The highest BCUT2D eigenvalue weighted by atomic mass is 16.6. The zero-order chi connectivity index (χ0) is 35.7. The van der Waals surface area contributed by atoms with Crippen LogP contribution in [0.3, 0.4) is 0 Å². The lowest BCUT2D eigenvalue weighted by atomic mass is 10.0. The summed E-state index contributed by atoms with van der Waals surface area (Å²) in [5.41, 5.74) is 0. The Balaban J connectivity index is 3.35. The molecular weight excluding hydrogens is 604 g/mol. The predicted molar refractivity (Wildman–Crippen MR) is 213 cm³/mol. The SMILES string of the molecule is CCCCCCCCCCCCCCCCCCCCCC(=O)OCC(C)OC(=O)CCCCCCCCCCCCCCCCCCC. The molecule has 0 N–H and O–H groups in total. The van der Waals surface area contributed by atoms with Crippen molar-refractivity contribution in [1.29, 1.82) is 0 Å². The van der Waals surface area contributed by atoms with E-state index >= 15 is 0 Å². The average Bonchev–Trinajstić information content (AvgIpc) is 3.09. The van der Waals surface area contributed by atoms with Crippen LogP contribution in [-0.2, 0) is 19.1 Å². The highest BCUT2D eigenvalue weighted by Gasteiger charge is 2.12. The van der Waals surface area contributed by atoms with Crippen molar-refractivity contribution < 1.29 is 19.1 Å². The molecule has 0 saturated carbocycles. The van der Waals surface area contributed by atoms with Crippen molar-refractivity contribution in [2.45, 2.75) is 271 Å². The van der Waals surface area contributed by atoms with Crippen LogP contribution in [0, 0.1) is 0 Å². The Morgan fingerprint density at radius 3 is 0.837 bits per heavy atom. The molecule has 49 heavy (non-hydrogen) atoms. The van der Waals surface area contributed by atoms with E-state index in [2.05, 4.69) is 13.8 Å². The fourth-order valence-corrected chi connectivity index (χ4v) is 6.94. The van der Waals surface area contributed by atoms with E-state index in [0.717, 1.165) is 25.7 Å². The fourth-order valence-electron chi connectivity index (χ4n) is 6.94. The summed E-state index contributed by atoms with van der Waals surface area (Å²) in [7, 11) is 0. The molecule has 0 saturated heterocycles. The average molecular weight is 693 g/mol. The van der Waals surface area contributed by atoms with Crippen LogP contribution in [-0.4, -0.2) is 24.6 Å². The summed E-state index contributed by atoms with van der Waals surface area (Å²) in [4.78, 5) is 24.3. The molecule has 0 aliphatic rings. The maximum atomic E-state index is 12.2. The molecule has 292 valence electrons. The first-order chi connectivity index (χ1) is 24.1.